The van der Waals surface area contributed by atoms with Crippen molar-refractivity contribution >= 4 is 51.8 Å². The number of carbonyl (C=O) groups is 2. The van der Waals surface area contributed by atoms with Gasteiger partial charge < -0.3 is 10.4 Å². The molecule has 3 aliphatic rings. The number of carboxylic acids is 1. The maximum absolute atomic E-state index is 12.9. The molecule has 20 nitrogen and oxygen atoms in total. The minimum absolute atomic E-state index is 0.0875. The second-order valence-corrected chi connectivity index (χ2v) is 27.1. The fourth-order valence-corrected chi connectivity index (χ4v) is 18.5. The molecule has 0 atom stereocenters. The zero-order valence-corrected chi connectivity index (χ0v) is 50.9. The molecule has 11 rings (SSSR count). The first-order chi connectivity index (χ1) is 41.0. The van der Waals surface area contributed by atoms with E-state index >= 15 is 0 Å². The Balaban J connectivity index is 0.000000158. The topological polar surface area (TPSA) is 255 Å². The minimum atomic E-state index is -3.57. The number of nitrogens with zero attached hydrogens (tertiary/aromatic N) is 10. The van der Waals surface area contributed by atoms with Crippen LogP contribution in [-0.2, 0) is 49.1 Å². The molecule has 0 spiro atoms. The number of aromatic nitrogens is 4. The summed E-state index contributed by atoms with van der Waals surface area (Å²) in [6.45, 7) is 12.5. The molecule has 23 heteroatoms. The largest absolute Gasteiger partial charge is 0.481 e. The molecule has 440 valence electrons. The Morgan fingerprint density at radius 2 is 0.953 bits per heavy atom. The van der Waals surface area contributed by atoms with Crippen LogP contribution in [-0.4, -0.2) is 79.5 Å². The molecular weight excluding hydrogens is 1140 g/mol. The standard InChI is InChI=1S/C26H22N6O.C18H15N5.C9H21O6P3.C9H10O2/c1-18-7-9-19(10-8-18)15-26(33)29-23-16-20(11-12-25(23)32-14-4-13-28-32)21-5-2-3-6-22(21)24-17-27-31-30-24;1-13-11-14(7-8-18(13)23-10-4-9-20-23)15-5-2-3-6-16(15)17-12-19-22-21-17;1-4-7-16(10)13-17(11,8-5-2)15-18(12,14-16)9-6-3;1-7-2-4-8(5-3-7)6-9(10)11/h2-14,16H,15,17H2,1H3,(H,29,33);2-11H,12H2,1H3;4-9H2,1-3H3;2-5H,6H2,1H3,(H,10,11). The summed E-state index contributed by atoms with van der Waals surface area (Å²) >= 11 is 0. The average Bonchev–Trinajstić information content (AvgIpc) is 1.89. The number of rotatable bonds is 17. The molecule has 0 bridgehead atoms. The van der Waals surface area contributed by atoms with Gasteiger partial charge in [0.15, 0.2) is 0 Å². The molecule has 1 fully saturated rings. The van der Waals surface area contributed by atoms with Gasteiger partial charge in [-0.1, -0.05) is 141 Å². The highest BCUT2D eigenvalue weighted by atomic mass is 31.3. The van der Waals surface area contributed by atoms with Gasteiger partial charge in [-0.2, -0.15) is 20.4 Å². The summed E-state index contributed by atoms with van der Waals surface area (Å²) in [5.41, 5.74) is 15.9. The van der Waals surface area contributed by atoms with E-state index in [1.165, 1.54) is 11.1 Å². The van der Waals surface area contributed by atoms with E-state index in [4.69, 9.17) is 18.0 Å². The van der Waals surface area contributed by atoms with Gasteiger partial charge in [-0.15, -0.1) is 10.2 Å². The maximum atomic E-state index is 12.9. The van der Waals surface area contributed by atoms with Gasteiger partial charge in [-0.05, 0) is 126 Å². The number of carboxylic acid groups (broad SMARTS) is 1. The zero-order valence-electron chi connectivity index (χ0n) is 48.3. The summed E-state index contributed by atoms with van der Waals surface area (Å²) in [5, 5.41) is 43.9. The first-order valence-corrected chi connectivity index (χ1v) is 33.0. The van der Waals surface area contributed by atoms with Crippen molar-refractivity contribution in [2.75, 3.05) is 36.9 Å². The van der Waals surface area contributed by atoms with Gasteiger partial charge in [-0.3, -0.25) is 23.3 Å². The van der Waals surface area contributed by atoms with E-state index in [9.17, 15) is 23.3 Å². The van der Waals surface area contributed by atoms with Crippen molar-refractivity contribution in [3.63, 3.8) is 0 Å². The van der Waals surface area contributed by atoms with Crippen molar-refractivity contribution in [1.82, 2.24) is 19.6 Å². The lowest BCUT2D eigenvalue weighted by molar-refractivity contribution is -0.136. The van der Waals surface area contributed by atoms with Crippen LogP contribution in [0.1, 0.15) is 79.0 Å². The molecule has 0 saturated carbocycles. The summed E-state index contributed by atoms with van der Waals surface area (Å²) in [6, 6.07) is 47.9. The monoisotopic (exact) mass is 1200 g/mol. The number of carbonyl (C=O) groups excluding carboxylic acids is 1. The van der Waals surface area contributed by atoms with Crippen molar-refractivity contribution in [3.05, 3.63) is 209 Å². The van der Waals surface area contributed by atoms with E-state index in [0.717, 1.165) is 72.9 Å². The Labute approximate surface area is 494 Å². The molecule has 1 saturated heterocycles. The number of aliphatic carboxylic acids is 1. The quantitative estimate of drug-likeness (QED) is 0.0810. The lowest BCUT2D eigenvalue weighted by atomic mass is 9.95. The summed E-state index contributed by atoms with van der Waals surface area (Å²) in [7, 11) is -10.7. The number of hydrogen-bond acceptors (Lipinski definition) is 16. The molecule has 2 N–H and O–H groups in total. The van der Waals surface area contributed by atoms with E-state index in [2.05, 4.69) is 83.6 Å². The predicted molar refractivity (Wildman–Crippen MR) is 333 cm³/mol. The summed E-state index contributed by atoms with van der Waals surface area (Å²) in [6.07, 6.45) is 9.65. The number of benzene rings is 6. The van der Waals surface area contributed by atoms with Crippen LogP contribution in [0.15, 0.2) is 201 Å². The SMILES string of the molecule is CCCP1(=O)OP(=O)(CCC)OP(=O)(CCC)O1.Cc1cc(-c2ccccc2C2=NN=NC2)ccc1-n1cccn1.Cc1ccc(CC(=O)Nc2cc(-c3ccccc3C3=NN=NC3)ccc2-n2cccn2)cc1.Cc1ccc(CC(=O)O)cc1. The maximum Gasteiger partial charge on any atom is 0.345 e. The van der Waals surface area contributed by atoms with Crippen LogP contribution in [0.3, 0.4) is 0 Å². The Morgan fingerprint density at radius 1 is 0.529 bits per heavy atom. The molecule has 2 aromatic heterocycles. The first kappa shape index (κ1) is 62.8. The van der Waals surface area contributed by atoms with Crippen LogP contribution in [0.4, 0.5) is 5.69 Å². The smallest absolute Gasteiger partial charge is 0.345 e. The second kappa shape index (κ2) is 29.5. The summed E-state index contributed by atoms with van der Waals surface area (Å²) in [5.74, 6) is -0.871. The molecule has 1 amide bonds. The molecule has 85 heavy (non-hydrogen) atoms. The second-order valence-electron chi connectivity index (χ2n) is 20.1. The third-order valence-electron chi connectivity index (χ3n) is 13.2. The van der Waals surface area contributed by atoms with Gasteiger partial charge >= 0.3 is 28.8 Å². The highest BCUT2D eigenvalue weighted by Crippen LogP contribution is 2.82. The number of nitrogens with one attached hydrogen (secondary N) is 1. The first-order valence-electron chi connectivity index (χ1n) is 27.8. The van der Waals surface area contributed by atoms with Crippen LogP contribution in [0, 0.1) is 20.8 Å². The van der Waals surface area contributed by atoms with Gasteiger partial charge in [-0.25, -0.2) is 22.3 Å². The number of aryl methyl sites for hydroxylation is 3. The van der Waals surface area contributed by atoms with Crippen molar-refractivity contribution in [1.29, 1.82) is 0 Å². The fraction of sp³-hybridized carbons (Fsp3) is 0.258. The Bertz CT molecular complexity index is 3790. The van der Waals surface area contributed by atoms with Crippen LogP contribution in [0.25, 0.3) is 33.6 Å². The van der Waals surface area contributed by atoms with Crippen LogP contribution in [0.2, 0.25) is 0 Å². The average molecular weight is 1200 g/mol. The Hall–Kier alpha value is -8.21. The highest BCUT2D eigenvalue weighted by molar-refractivity contribution is 7.80. The number of amides is 1. The van der Waals surface area contributed by atoms with Crippen molar-refractivity contribution in [2.45, 2.75) is 73.6 Å². The van der Waals surface area contributed by atoms with E-state index in [0.29, 0.717) is 44.5 Å². The third-order valence-corrected chi connectivity index (χ3v) is 22.1. The van der Waals surface area contributed by atoms with E-state index in [1.807, 2.05) is 146 Å². The Morgan fingerprint density at radius 3 is 1.35 bits per heavy atom. The molecule has 6 aromatic carbocycles. The molecule has 0 unspecified atom stereocenters. The van der Waals surface area contributed by atoms with Crippen LogP contribution < -0.4 is 5.32 Å². The van der Waals surface area contributed by atoms with Gasteiger partial charge in [0.05, 0.1) is 59.8 Å². The third kappa shape index (κ3) is 17.4. The summed E-state index contributed by atoms with van der Waals surface area (Å²) in [4.78, 5) is 23.2. The van der Waals surface area contributed by atoms with Crippen LogP contribution in [0.5, 0.6) is 0 Å². The minimum Gasteiger partial charge on any atom is -0.481 e. The van der Waals surface area contributed by atoms with Gasteiger partial charge in [0.2, 0.25) is 5.91 Å². The van der Waals surface area contributed by atoms with Crippen LogP contribution >= 0.6 is 22.8 Å². The molecule has 5 heterocycles. The normalized spacial score (nSPS) is 18.4. The van der Waals surface area contributed by atoms with Crippen molar-refractivity contribution in [3.8, 4) is 33.6 Å². The van der Waals surface area contributed by atoms with E-state index in [1.54, 1.807) is 37.8 Å². The lowest BCUT2D eigenvalue weighted by Crippen LogP contribution is -2.16. The molecule has 0 aliphatic carbocycles. The van der Waals surface area contributed by atoms with E-state index in [-0.39, 0.29) is 30.8 Å². The molecule has 0 radical (unpaired) electrons. The fourth-order valence-electron chi connectivity index (χ4n) is 9.24. The van der Waals surface area contributed by atoms with E-state index < -0.39 is 28.8 Å². The van der Waals surface area contributed by atoms with Gasteiger partial charge in [0.1, 0.15) is 13.1 Å². The van der Waals surface area contributed by atoms with Gasteiger partial charge in [0.25, 0.3) is 0 Å². The van der Waals surface area contributed by atoms with Crippen molar-refractivity contribution in [2.24, 2.45) is 30.9 Å². The number of anilines is 1. The van der Waals surface area contributed by atoms with Gasteiger partial charge in [0, 0.05) is 35.9 Å². The lowest BCUT2D eigenvalue weighted by Gasteiger charge is -2.33. The number of hydrogen-bond donors (Lipinski definition) is 2. The molecule has 8 aromatic rings. The molecule has 3 aliphatic heterocycles. The highest BCUT2D eigenvalue weighted by Gasteiger charge is 2.51. The Kier molecular flexibility index (Phi) is 21.8. The summed E-state index contributed by atoms with van der Waals surface area (Å²) < 4.78 is 55.9. The zero-order chi connectivity index (χ0) is 60.4. The predicted octanol–water partition coefficient (Wildman–Crippen LogP) is 15.7. The molecular formula is C62H68N11O9P3. The van der Waals surface area contributed by atoms with Crippen molar-refractivity contribution < 1.29 is 41.3 Å².